The molecule has 2 aromatic rings. The van der Waals surface area contributed by atoms with Gasteiger partial charge in [-0.1, -0.05) is 29.8 Å². The summed E-state index contributed by atoms with van der Waals surface area (Å²) in [7, 11) is 1.61. The average Bonchev–Trinajstić information content (AvgIpc) is 2.39. The van der Waals surface area contributed by atoms with Gasteiger partial charge in [-0.2, -0.15) is 0 Å². The number of methoxy groups -OCH3 is 1. The molecule has 0 bridgehead atoms. The third kappa shape index (κ3) is 3.40. The molecule has 0 heterocycles. The third-order valence-electron chi connectivity index (χ3n) is 2.89. The van der Waals surface area contributed by atoms with E-state index in [2.05, 4.69) is 0 Å². The van der Waals surface area contributed by atoms with Gasteiger partial charge in [-0.3, -0.25) is 0 Å². The van der Waals surface area contributed by atoms with E-state index in [1.165, 1.54) is 6.07 Å². The maximum atomic E-state index is 13.7. The number of benzene rings is 2. The molecule has 0 saturated heterocycles. The Balaban J connectivity index is 2.18. The highest BCUT2D eigenvalue weighted by Gasteiger charge is 2.17. The van der Waals surface area contributed by atoms with Crippen molar-refractivity contribution in [3.05, 3.63) is 64.4 Å². The molecule has 1 atom stereocenters. The molecule has 0 aliphatic carbocycles. The van der Waals surface area contributed by atoms with Crippen LogP contribution < -0.4 is 4.74 Å². The van der Waals surface area contributed by atoms with Crippen LogP contribution in [0.25, 0.3) is 0 Å². The first-order chi connectivity index (χ1) is 9.11. The Morgan fingerprint density at radius 2 is 1.84 bits per heavy atom. The highest BCUT2D eigenvalue weighted by atomic mass is 35.5. The van der Waals surface area contributed by atoms with Crippen LogP contribution in [0.2, 0.25) is 5.02 Å². The van der Waals surface area contributed by atoms with Crippen LogP contribution in [-0.4, -0.2) is 7.11 Å². The standard InChI is InChI=1S/C15H13Cl2FO/c1-19-11-7-5-10(6-8-11)9-13(17)15-12(16)3-2-4-14(15)18/h2-8,13H,9H2,1H3. The predicted molar refractivity (Wildman–Crippen MR) is 76.7 cm³/mol. The molecule has 0 fully saturated rings. The van der Waals surface area contributed by atoms with E-state index in [1.54, 1.807) is 19.2 Å². The van der Waals surface area contributed by atoms with Crippen molar-refractivity contribution in [3.63, 3.8) is 0 Å². The molecule has 4 heteroatoms. The zero-order chi connectivity index (χ0) is 13.8. The van der Waals surface area contributed by atoms with Gasteiger partial charge in [0.05, 0.1) is 12.5 Å². The number of hydrogen-bond donors (Lipinski definition) is 0. The van der Waals surface area contributed by atoms with E-state index < -0.39 is 5.38 Å². The van der Waals surface area contributed by atoms with Crippen molar-refractivity contribution in [2.45, 2.75) is 11.8 Å². The molecule has 0 amide bonds. The number of rotatable bonds is 4. The molecule has 0 aliphatic heterocycles. The molecular formula is C15H13Cl2FO. The summed E-state index contributed by atoms with van der Waals surface area (Å²) in [6.07, 6.45) is 0.506. The molecule has 100 valence electrons. The second-order valence-electron chi connectivity index (χ2n) is 4.16. The first kappa shape index (κ1) is 14.2. The van der Waals surface area contributed by atoms with E-state index in [-0.39, 0.29) is 5.82 Å². The molecule has 0 radical (unpaired) electrons. The highest BCUT2D eigenvalue weighted by molar-refractivity contribution is 6.32. The van der Waals surface area contributed by atoms with E-state index in [0.717, 1.165) is 11.3 Å². The fourth-order valence-electron chi connectivity index (χ4n) is 1.88. The summed E-state index contributed by atoms with van der Waals surface area (Å²) in [4.78, 5) is 0. The van der Waals surface area contributed by atoms with Crippen LogP contribution in [0.15, 0.2) is 42.5 Å². The molecule has 1 unspecified atom stereocenters. The molecule has 1 nitrogen and oxygen atoms in total. The van der Waals surface area contributed by atoms with E-state index in [9.17, 15) is 4.39 Å². The summed E-state index contributed by atoms with van der Waals surface area (Å²) in [5.41, 5.74) is 1.35. The molecule has 0 N–H and O–H groups in total. The number of halogens is 3. The fourth-order valence-corrected chi connectivity index (χ4v) is 2.63. The maximum absolute atomic E-state index is 13.7. The minimum Gasteiger partial charge on any atom is -0.497 e. The lowest BCUT2D eigenvalue weighted by Crippen LogP contribution is -2.00. The summed E-state index contributed by atoms with van der Waals surface area (Å²) in [6, 6.07) is 12.1. The van der Waals surface area contributed by atoms with Gasteiger partial charge in [-0.15, -0.1) is 11.6 Å². The SMILES string of the molecule is COc1ccc(CC(Cl)c2c(F)cccc2Cl)cc1. The van der Waals surface area contributed by atoms with Gasteiger partial charge in [0.25, 0.3) is 0 Å². The van der Waals surface area contributed by atoms with Crippen LogP contribution in [0.1, 0.15) is 16.5 Å². The summed E-state index contributed by atoms with van der Waals surface area (Å²) in [5, 5.41) is -0.143. The molecule has 0 aliphatic rings. The normalized spacial score (nSPS) is 12.2. The quantitative estimate of drug-likeness (QED) is 0.721. The molecule has 0 aromatic heterocycles. The molecule has 0 saturated carbocycles. The van der Waals surface area contributed by atoms with Gasteiger partial charge in [0, 0.05) is 10.6 Å². The fraction of sp³-hybridized carbons (Fsp3) is 0.200. The Morgan fingerprint density at radius 1 is 1.16 bits per heavy atom. The summed E-state index contributed by atoms with van der Waals surface area (Å²) in [5.74, 6) is 0.403. The van der Waals surface area contributed by atoms with Crippen molar-refractivity contribution < 1.29 is 9.13 Å². The topological polar surface area (TPSA) is 9.23 Å². The zero-order valence-electron chi connectivity index (χ0n) is 10.4. The lowest BCUT2D eigenvalue weighted by atomic mass is 10.0. The molecule has 2 rings (SSSR count). The van der Waals surface area contributed by atoms with Crippen LogP contribution in [0.3, 0.4) is 0 Å². The lowest BCUT2D eigenvalue weighted by Gasteiger charge is -2.13. The second-order valence-corrected chi connectivity index (χ2v) is 5.09. The van der Waals surface area contributed by atoms with E-state index in [4.69, 9.17) is 27.9 Å². The molecule has 2 aromatic carbocycles. The van der Waals surface area contributed by atoms with Gasteiger partial charge in [-0.25, -0.2) is 4.39 Å². The van der Waals surface area contributed by atoms with E-state index in [1.807, 2.05) is 24.3 Å². The summed E-state index contributed by atoms with van der Waals surface area (Å²) < 4.78 is 18.8. The van der Waals surface area contributed by atoms with Gasteiger partial charge < -0.3 is 4.74 Å². The van der Waals surface area contributed by atoms with Gasteiger partial charge in [0.1, 0.15) is 11.6 Å². The first-order valence-electron chi connectivity index (χ1n) is 5.82. The van der Waals surface area contributed by atoms with Gasteiger partial charge >= 0.3 is 0 Å². The van der Waals surface area contributed by atoms with Crippen LogP contribution in [0.4, 0.5) is 4.39 Å². The minimum absolute atomic E-state index is 0.349. The van der Waals surface area contributed by atoms with E-state index >= 15 is 0 Å². The van der Waals surface area contributed by atoms with Crippen molar-refractivity contribution >= 4 is 23.2 Å². The largest absolute Gasteiger partial charge is 0.497 e. The summed E-state index contributed by atoms with van der Waals surface area (Å²) in [6.45, 7) is 0. The van der Waals surface area contributed by atoms with Gasteiger partial charge in [0.2, 0.25) is 0 Å². The Bertz CT molecular complexity index is 534. The molecular weight excluding hydrogens is 286 g/mol. The van der Waals surface area contributed by atoms with Crippen molar-refractivity contribution in [2.75, 3.05) is 7.11 Å². The second kappa shape index (κ2) is 6.27. The van der Waals surface area contributed by atoms with Crippen molar-refractivity contribution in [2.24, 2.45) is 0 Å². The van der Waals surface area contributed by atoms with Crippen molar-refractivity contribution in [1.82, 2.24) is 0 Å². The van der Waals surface area contributed by atoms with Crippen molar-refractivity contribution in [1.29, 1.82) is 0 Å². The Morgan fingerprint density at radius 3 is 2.42 bits per heavy atom. The number of alkyl halides is 1. The van der Waals surface area contributed by atoms with Crippen LogP contribution in [0.5, 0.6) is 5.75 Å². The number of hydrogen-bond acceptors (Lipinski definition) is 1. The Kier molecular flexibility index (Phi) is 4.67. The Labute approximate surface area is 121 Å². The highest BCUT2D eigenvalue weighted by Crippen LogP contribution is 2.33. The lowest BCUT2D eigenvalue weighted by molar-refractivity contribution is 0.414. The monoisotopic (exact) mass is 298 g/mol. The van der Waals surface area contributed by atoms with Gasteiger partial charge in [-0.05, 0) is 36.2 Å². The minimum atomic E-state index is -0.498. The van der Waals surface area contributed by atoms with E-state index in [0.29, 0.717) is 17.0 Å². The molecule has 0 spiro atoms. The van der Waals surface area contributed by atoms with Gasteiger partial charge in [0.15, 0.2) is 0 Å². The summed E-state index contributed by atoms with van der Waals surface area (Å²) >= 11 is 12.3. The average molecular weight is 299 g/mol. The van der Waals surface area contributed by atoms with Crippen LogP contribution in [-0.2, 0) is 6.42 Å². The number of ether oxygens (including phenoxy) is 1. The third-order valence-corrected chi connectivity index (χ3v) is 3.59. The molecule has 19 heavy (non-hydrogen) atoms. The maximum Gasteiger partial charge on any atom is 0.129 e. The predicted octanol–water partition coefficient (Wildman–Crippen LogP) is 5.01. The van der Waals surface area contributed by atoms with Crippen LogP contribution >= 0.6 is 23.2 Å². The van der Waals surface area contributed by atoms with Crippen molar-refractivity contribution in [3.8, 4) is 5.75 Å². The smallest absolute Gasteiger partial charge is 0.129 e. The van der Waals surface area contributed by atoms with Crippen LogP contribution in [0, 0.1) is 5.82 Å². The Hall–Kier alpha value is -1.25. The zero-order valence-corrected chi connectivity index (χ0v) is 11.9. The first-order valence-corrected chi connectivity index (χ1v) is 6.64.